The third-order valence-electron chi connectivity index (χ3n) is 3.63. The molecule has 1 aromatic carbocycles. The van der Waals surface area contributed by atoms with Crippen LogP contribution in [0.4, 0.5) is 0 Å². The van der Waals surface area contributed by atoms with Crippen LogP contribution in [0.5, 0.6) is 0 Å². The van der Waals surface area contributed by atoms with E-state index in [-0.39, 0.29) is 6.10 Å². The van der Waals surface area contributed by atoms with Gasteiger partial charge in [0.1, 0.15) is 0 Å². The molecule has 100 valence electrons. The molecule has 1 atom stereocenters. The molecular formula is C15H22BrNO. The second-order valence-electron chi connectivity index (χ2n) is 5.00. The molecule has 2 rings (SSSR count). The Morgan fingerprint density at radius 2 is 1.83 bits per heavy atom. The minimum absolute atomic E-state index is 0.0173. The van der Waals surface area contributed by atoms with E-state index in [1.54, 1.807) is 0 Å². The summed E-state index contributed by atoms with van der Waals surface area (Å²) in [5.41, 5.74) is 7.05. The third kappa shape index (κ3) is 3.81. The van der Waals surface area contributed by atoms with Crippen molar-refractivity contribution in [2.75, 3.05) is 6.54 Å². The fourth-order valence-corrected chi connectivity index (χ4v) is 3.14. The van der Waals surface area contributed by atoms with Crippen LogP contribution in [-0.4, -0.2) is 12.6 Å². The van der Waals surface area contributed by atoms with Gasteiger partial charge in [0.2, 0.25) is 0 Å². The van der Waals surface area contributed by atoms with Crippen LogP contribution < -0.4 is 5.73 Å². The van der Waals surface area contributed by atoms with Gasteiger partial charge in [0.25, 0.3) is 0 Å². The van der Waals surface area contributed by atoms with Crippen molar-refractivity contribution in [3.63, 3.8) is 0 Å². The Balaban J connectivity index is 2.02. The summed E-state index contributed by atoms with van der Waals surface area (Å²) in [7, 11) is 0. The molecule has 0 aromatic heterocycles. The van der Waals surface area contributed by atoms with E-state index in [1.165, 1.54) is 44.1 Å². The van der Waals surface area contributed by atoms with Gasteiger partial charge in [-0.1, -0.05) is 59.8 Å². The van der Waals surface area contributed by atoms with E-state index in [1.807, 2.05) is 12.1 Å². The minimum atomic E-state index is 0.0173. The summed E-state index contributed by atoms with van der Waals surface area (Å²) in [6.45, 7) is 0.541. The third-order valence-corrected chi connectivity index (χ3v) is 4.35. The minimum Gasteiger partial charge on any atom is -0.369 e. The molecule has 0 aliphatic heterocycles. The number of hydrogen-bond donors (Lipinski definition) is 1. The zero-order valence-electron chi connectivity index (χ0n) is 10.8. The number of ether oxygens (including phenoxy) is 1. The van der Waals surface area contributed by atoms with Crippen LogP contribution in [0.3, 0.4) is 0 Å². The number of rotatable bonds is 4. The van der Waals surface area contributed by atoms with Crippen molar-refractivity contribution >= 4 is 15.9 Å². The van der Waals surface area contributed by atoms with Crippen LogP contribution in [0.25, 0.3) is 0 Å². The van der Waals surface area contributed by atoms with Gasteiger partial charge in [0.15, 0.2) is 0 Å². The molecule has 0 saturated heterocycles. The molecule has 2 N–H and O–H groups in total. The van der Waals surface area contributed by atoms with E-state index in [9.17, 15) is 0 Å². The molecule has 1 fully saturated rings. The Hall–Kier alpha value is -0.380. The van der Waals surface area contributed by atoms with Gasteiger partial charge in [-0.05, 0) is 24.5 Å². The van der Waals surface area contributed by atoms with E-state index >= 15 is 0 Å². The molecule has 2 nitrogen and oxygen atoms in total. The first-order valence-electron chi connectivity index (χ1n) is 6.91. The first-order valence-corrected chi connectivity index (χ1v) is 7.70. The summed E-state index contributed by atoms with van der Waals surface area (Å²) < 4.78 is 7.32. The van der Waals surface area contributed by atoms with Gasteiger partial charge < -0.3 is 10.5 Å². The SMILES string of the molecule is NCC(OC1CCCCCC1)c1ccccc1Br. The highest BCUT2D eigenvalue weighted by molar-refractivity contribution is 9.10. The summed E-state index contributed by atoms with van der Waals surface area (Å²) in [5.74, 6) is 0. The highest BCUT2D eigenvalue weighted by Crippen LogP contribution is 2.29. The van der Waals surface area contributed by atoms with Crippen LogP contribution in [-0.2, 0) is 4.74 Å². The average Bonchev–Trinajstić information content (AvgIpc) is 2.65. The molecular weight excluding hydrogens is 290 g/mol. The quantitative estimate of drug-likeness (QED) is 0.846. The van der Waals surface area contributed by atoms with E-state index in [0.717, 1.165) is 4.47 Å². The van der Waals surface area contributed by atoms with Gasteiger partial charge >= 0.3 is 0 Å². The molecule has 1 unspecified atom stereocenters. The maximum absolute atomic E-state index is 6.23. The Morgan fingerprint density at radius 3 is 2.44 bits per heavy atom. The Bertz CT molecular complexity index is 361. The summed E-state index contributed by atoms with van der Waals surface area (Å²) in [5, 5.41) is 0. The maximum Gasteiger partial charge on any atom is 0.0961 e. The number of halogens is 1. The smallest absolute Gasteiger partial charge is 0.0961 e. The Labute approximate surface area is 118 Å². The second-order valence-corrected chi connectivity index (χ2v) is 5.85. The number of benzene rings is 1. The molecule has 1 aliphatic carbocycles. The van der Waals surface area contributed by atoms with Gasteiger partial charge in [-0.15, -0.1) is 0 Å². The van der Waals surface area contributed by atoms with Gasteiger partial charge in [-0.2, -0.15) is 0 Å². The molecule has 1 aromatic rings. The van der Waals surface area contributed by atoms with Crippen LogP contribution >= 0.6 is 15.9 Å². The van der Waals surface area contributed by atoms with Crippen molar-refractivity contribution in [1.29, 1.82) is 0 Å². The van der Waals surface area contributed by atoms with Gasteiger partial charge in [-0.25, -0.2) is 0 Å². The topological polar surface area (TPSA) is 35.2 Å². The monoisotopic (exact) mass is 311 g/mol. The van der Waals surface area contributed by atoms with Crippen molar-refractivity contribution in [2.45, 2.75) is 50.7 Å². The summed E-state index contributed by atoms with van der Waals surface area (Å²) in [6, 6.07) is 8.21. The molecule has 1 aliphatic rings. The molecule has 1 saturated carbocycles. The van der Waals surface area contributed by atoms with E-state index < -0.39 is 0 Å². The lowest BCUT2D eigenvalue weighted by Gasteiger charge is -2.24. The molecule has 0 amide bonds. The molecule has 0 heterocycles. The van der Waals surface area contributed by atoms with Crippen LogP contribution in [0.2, 0.25) is 0 Å². The summed E-state index contributed by atoms with van der Waals surface area (Å²) >= 11 is 3.58. The molecule has 0 bridgehead atoms. The highest BCUT2D eigenvalue weighted by Gasteiger charge is 2.20. The predicted molar refractivity (Wildman–Crippen MR) is 78.5 cm³/mol. The average molecular weight is 312 g/mol. The van der Waals surface area contributed by atoms with E-state index in [2.05, 4.69) is 28.1 Å². The number of nitrogens with two attached hydrogens (primary N) is 1. The zero-order valence-corrected chi connectivity index (χ0v) is 12.4. The zero-order chi connectivity index (χ0) is 12.8. The van der Waals surface area contributed by atoms with Crippen molar-refractivity contribution in [1.82, 2.24) is 0 Å². The van der Waals surface area contributed by atoms with E-state index in [0.29, 0.717) is 12.6 Å². The Kier molecular flexibility index (Phi) is 5.67. The largest absolute Gasteiger partial charge is 0.369 e. The van der Waals surface area contributed by atoms with Crippen molar-refractivity contribution in [3.8, 4) is 0 Å². The molecule has 0 spiro atoms. The van der Waals surface area contributed by atoms with Crippen molar-refractivity contribution in [3.05, 3.63) is 34.3 Å². The molecule has 3 heteroatoms. The Morgan fingerprint density at radius 1 is 1.17 bits per heavy atom. The summed E-state index contributed by atoms with van der Waals surface area (Å²) in [6.07, 6.45) is 8.04. The van der Waals surface area contributed by atoms with Crippen molar-refractivity contribution in [2.24, 2.45) is 5.73 Å². The predicted octanol–water partition coefficient (Wildman–Crippen LogP) is 4.19. The normalized spacial score (nSPS) is 19.4. The van der Waals surface area contributed by atoms with Gasteiger partial charge in [0.05, 0.1) is 12.2 Å². The fourth-order valence-electron chi connectivity index (χ4n) is 2.60. The lowest BCUT2D eigenvalue weighted by atomic mass is 10.1. The van der Waals surface area contributed by atoms with E-state index in [4.69, 9.17) is 10.5 Å². The molecule has 0 radical (unpaired) electrons. The van der Waals surface area contributed by atoms with Crippen molar-refractivity contribution < 1.29 is 4.74 Å². The van der Waals surface area contributed by atoms with Crippen LogP contribution in [0.15, 0.2) is 28.7 Å². The maximum atomic E-state index is 6.23. The lowest BCUT2D eigenvalue weighted by molar-refractivity contribution is -0.0164. The first kappa shape index (κ1) is 14.0. The van der Waals surface area contributed by atoms with Crippen LogP contribution in [0, 0.1) is 0 Å². The fraction of sp³-hybridized carbons (Fsp3) is 0.600. The lowest BCUT2D eigenvalue weighted by Crippen LogP contribution is -2.22. The molecule has 18 heavy (non-hydrogen) atoms. The first-order chi connectivity index (χ1) is 8.81. The second kappa shape index (κ2) is 7.27. The van der Waals surface area contributed by atoms with Gasteiger partial charge in [-0.3, -0.25) is 0 Å². The van der Waals surface area contributed by atoms with Gasteiger partial charge in [0, 0.05) is 11.0 Å². The number of hydrogen-bond acceptors (Lipinski definition) is 2. The van der Waals surface area contributed by atoms with Crippen LogP contribution in [0.1, 0.15) is 50.2 Å². The summed E-state index contributed by atoms with van der Waals surface area (Å²) in [4.78, 5) is 0. The standard InChI is InChI=1S/C15H22BrNO/c16-14-10-6-5-9-13(14)15(11-17)18-12-7-3-1-2-4-8-12/h5-6,9-10,12,15H,1-4,7-8,11,17H2. The highest BCUT2D eigenvalue weighted by atomic mass is 79.9.